The van der Waals surface area contributed by atoms with Crippen molar-refractivity contribution in [1.29, 1.82) is 0 Å². The van der Waals surface area contributed by atoms with Crippen LogP contribution in [0.3, 0.4) is 0 Å². The largest absolute Gasteiger partial charge is 0.481 e. The first-order valence-corrected chi connectivity index (χ1v) is 11.8. The normalized spacial score (nSPS) is 17.4. The molecule has 1 atom stereocenters. The molecule has 1 aliphatic heterocycles. The van der Waals surface area contributed by atoms with Gasteiger partial charge in [-0.3, -0.25) is 9.69 Å². The second kappa shape index (κ2) is 9.44. The van der Waals surface area contributed by atoms with Crippen LogP contribution in [0.1, 0.15) is 40.8 Å². The summed E-state index contributed by atoms with van der Waals surface area (Å²) >= 11 is 13.3. The van der Waals surface area contributed by atoms with Gasteiger partial charge in [-0.2, -0.15) is 13.2 Å². The molecule has 0 bridgehead atoms. The summed E-state index contributed by atoms with van der Waals surface area (Å²) in [6, 6.07) is 7.83. The van der Waals surface area contributed by atoms with Crippen LogP contribution in [0.15, 0.2) is 30.3 Å². The summed E-state index contributed by atoms with van der Waals surface area (Å²) in [6.45, 7) is 3.44. The summed E-state index contributed by atoms with van der Waals surface area (Å²) in [4.78, 5) is 13.5. The van der Waals surface area contributed by atoms with Crippen LogP contribution in [0.5, 0.6) is 0 Å². The van der Waals surface area contributed by atoms with E-state index in [4.69, 9.17) is 23.2 Å². The molecule has 1 N–H and O–H groups in total. The molecule has 0 radical (unpaired) electrons. The number of halogens is 5. The van der Waals surface area contributed by atoms with Gasteiger partial charge in [0.1, 0.15) is 0 Å². The summed E-state index contributed by atoms with van der Waals surface area (Å²) in [5.41, 5.74) is 2.72. The number of carboxylic acids is 1. The molecular weight excluding hydrogens is 488 g/mol. The third-order valence-electron chi connectivity index (χ3n) is 6.67. The summed E-state index contributed by atoms with van der Waals surface area (Å²) < 4.78 is 41.7. The van der Waals surface area contributed by atoms with E-state index in [0.717, 1.165) is 35.7 Å². The molecule has 4 rings (SSSR count). The Bertz CT molecular complexity index is 1250. The minimum atomic E-state index is -4.42. The highest BCUT2D eigenvalue weighted by molar-refractivity contribution is 6.36. The van der Waals surface area contributed by atoms with Crippen molar-refractivity contribution in [3.63, 3.8) is 0 Å². The summed E-state index contributed by atoms with van der Waals surface area (Å²) in [5.74, 6) is -1.17. The number of carbonyl (C=O) groups is 1. The number of nitrogens with zero attached hydrogens (tertiary/aromatic N) is 2. The van der Waals surface area contributed by atoms with Crippen LogP contribution in [-0.2, 0) is 31.0 Å². The van der Waals surface area contributed by atoms with Crippen LogP contribution < -0.4 is 0 Å². The van der Waals surface area contributed by atoms with Crippen molar-refractivity contribution in [1.82, 2.24) is 9.47 Å². The molecule has 4 nitrogen and oxygen atoms in total. The molecule has 2 heterocycles. The lowest BCUT2D eigenvalue weighted by Gasteiger charge is -2.31. The minimum absolute atomic E-state index is 0.356. The van der Waals surface area contributed by atoms with Gasteiger partial charge in [-0.1, -0.05) is 29.3 Å². The van der Waals surface area contributed by atoms with Crippen LogP contribution in [0.4, 0.5) is 13.2 Å². The maximum absolute atomic E-state index is 13.3. The van der Waals surface area contributed by atoms with Crippen molar-refractivity contribution >= 4 is 40.1 Å². The van der Waals surface area contributed by atoms with Gasteiger partial charge in [0, 0.05) is 48.2 Å². The second-order valence-corrected chi connectivity index (χ2v) is 9.79. The Balaban J connectivity index is 1.65. The lowest BCUT2D eigenvalue weighted by atomic mass is 9.97. The van der Waals surface area contributed by atoms with Crippen LogP contribution >= 0.6 is 23.2 Å². The third-order valence-corrected chi connectivity index (χ3v) is 7.49. The molecule has 3 aromatic rings. The first-order chi connectivity index (χ1) is 16.0. The number of aromatic nitrogens is 1. The van der Waals surface area contributed by atoms with Crippen molar-refractivity contribution in [3.05, 3.63) is 68.3 Å². The number of aliphatic carboxylic acids is 1. The maximum Gasteiger partial charge on any atom is 0.416 e. The maximum atomic E-state index is 13.3. The Morgan fingerprint density at radius 1 is 1.21 bits per heavy atom. The van der Waals surface area contributed by atoms with Gasteiger partial charge >= 0.3 is 12.1 Å². The summed E-state index contributed by atoms with van der Waals surface area (Å²) in [6.07, 6.45) is -2.58. The van der Waals surface area contributed by atoms with Crippen LogP contribution in [0, 0.1) is 12.8 Å². The fraction of sp³-hybridized carbons (Fsp3) is 0.400. The number of hydrogen-bond donors (Lipinski definition) is 1. The molecule has 1 aromatic heterocycles. The van der Waals surface area contributed by atoms with Crippen molar-refractivity contribution in [2.24, 2.45) is 13.0 Å². The molecule has 0 saturated carbocycles. The number of rotatable bonds is 5. The SMILES string of the molecule is Cc1cc(C(F)(F)F)cc2c1cc(Cc1c(Cl)ccc(CN3CCCC(C(=O)O)C3)c1Cl)n2C. The highest BCUT2D eigenvalue weighted by Gasteiger charge is 2.32. The number of piperidine rings is 1. The van der Waals surface area contributed by atoms with E-state index in [1.807, 2.05) is 12.1 Å². The van der Waals surface area contributed by atoms with E-state index < -0.39 is 17.7 Å². The van der Waals surface area contributed by atoms with E-state index in [1.165, 1.54) is 6.07 Å². The number of fused-ring (bicyclic) bond motifs is 1. The first kappa shape index (κ1) is 24.9. The number of hydrogen-bond acceptors (Lipinski definition) is 2. The molecule has 0 spiro atoms. The topological polar surface area (TPSA) is 45.5 Å². The molecule has 0 aliphatic carbocycles. The molecule has 1 unspecified atom stereocenters. The van der Waals surface area contributed by atoms with E-state index in [-0.39, 0.29) is 5.92 Å². The number of aryl methyl sites for hydroxylation is 2. The summed E-state index contributed by atoms with van der Waals surface area (Å²) in [5, 5.41) is 11.1. The van der Waals surface area contributed by atoms with Crippen LogP contribution in [-0.4, -0.2) is 33.6 Å². The van der Waals surface area contributed by atoms with Gasteiger partial charge in [0.05, 0.1) is 16.5 Å². The number of carboxylic acid groups (broad SMARTS) is 1. The molecule has 182 valence electrons. The third kappa shape index (κ3) is 4.92. The fourth-order valence-corrected chi connectivity index (χ4v) is 5.31. The Morgan fingerprint density at radius 2 is 1.94 bits per heavy atom. The monoisotopic (exact) mass is 512 g/mol. The van der Waals surface area contributed by atoms with Crippen molar-refractivity contribution in [2.75, 3.05) is 13.1 Å². The van der Waals surface area contributed by atoms with Crippen LogP contribution in [0.2, 0.25) is 10.0 Å². The van der Waals surface area contributed by atoms with E-state index in [1.54, 1.807) is 24.6 Å². The summed E-state index contributed by atoms with van der Waals surface area (Å²) in [7, 11) is 1.74. The van der Waals surface area contributed by atoms with Gasteiger partial charge in [0.15, 0.2) is 0 Å². The predicted molar refractivity (Wildman–Crippen MR) is 128 cm³/mol. The van der Waals surface area contributed by atoms with E-state index in [9.17, 15) is 23.1 Å². The highest BCUT2D eigenvalue weighted by Crippen LogP contribution is 2.36. The lowest BCUT2D eigenvalue weighted by Crippen LogP contribution is -2.38. The van der Waals surface area contributed by atoms with Gasteiger partial charge in [0.25, 0.3) is 0 Å². The molecule has 34 heavy (non-hydrogen) atoms. The van der Waals surface area contributed by atoms with Crippen molar-refractivity contribution < 1.29 is 23.1 Å². The molecule has 1 fully saturated rings. The van der Waals surface area contributed by atoms with Crippen LogP contribution in [0.25, 0.3) is 10.9 Å². The highest BCUT2D eigenvalue weighted by atomic mass is 35.5. The molecule has 9 heteroatoms. The van der Waals surface area contributed by atoms with E-state index in [2.05, 4.69) is 4.90 Å². The van der Waals surface area contributed by atoms with E-state index in [0.29, 0.717) is 52.6 Å². The molecule has 0 amide bonds. The first-order valence-electron chi connectivity index (χ1n) is 11.0. The Kier molecular flexibility index (Phi) is 6.91. The average molecular weight is 513 g/mol. The predicted octanol–water partition coefficient (Wildman–Crippen LogP) is 6.70. The fourth-order valence-electron chi connectivity index (χ4n) is 4.75. The number of benzene rings is 2. The zero-order valence-corrected chi connectivity index (χ0v) is 20.4. The lowest BCUT2D eigenvalue weighted by molar-refractivity contribution is -0.143. The molecule has 2 aromatic carbocycles. The quantitative estimate of drug-likeness (QED) is 0.413. The molecule has 1 saturated heterocycles. The number of alkyl halides is 3. The second-order valence-electron chi connectivity index (χ2n) is 9.01. The minimum Gasteiger partial charge on any atom is -0.481 e. The smallest absolute Gasteiger partial charge is 0.416 e. The number of likely N-dealkylation sites (tertiary alicyclic amines) is 1. The van der Waals surface area contributed by atoms with Crippen molar-refractivity contribution in [3.8, 4) is 0 Å². The molecule has 1 aliphatic rings. The Labute approximate surface area is 205 Å². The zero-order valence-electron chi connectivity index (χ0n) is 18.8. The average Bonchev–Trinajstić information content (AvgIpc) is 3.09. The Morgan fingerprint density at radius 3 is 2.62 bits per heavy atom. The standard InChI is InChI=1S/C25H25Cl2F3N2O2/c1-14-8-17(25(28,29)30)9-22-19(14)10-18(31(22)2)11-20-21(26)6-5-15(23(20)27)12-32-7-3-4-16(13-32)24(33)34/h5-6,8-10,16H,3-4,7,11-13H2,1-2H3,(H,33,34). The van der Waals surface area contributed by atoms with Gasteiger partial charge in [-0.25, -0.2) is 0 Å². The van der Waals surface area contributed by atoms with E-state index >= 15 is 0 Å². The van der Waals surface area contributed by atoms with Gasteiger partial charge < -0.3 is 9.67 Å². The van der Waals surface area contributed by atoms with Gasteiger partial charge in [-0.15, -0.1) is 0 Å². The van der Waals surface area contributed by atoms with Gasteiger partial charge in [0.2, 0.25) is 0 Å². The Hall–Kier alpha value is -2.22. The molecular formula is C25H25Cl2F3N2O2. The van der Waals surface area contributed by atoms with Crippen molar-refractivity contribution in [2.45, 2.75) is 38.9 Å². The van der Waals surface area contributed by atoms with Gasteiger partial charge in [-0.05, 0) is 67.3 Å². The zero-order chi connectivity index (χ0) is 24.8.